The lowest BCUT2D eigenvalue weighted by Gasteiger charge is -2.44. The maximum absolute atomic E-state index is 14.0. The van der Waals surface area contributed by atoms with Crippen LogP contribution < -0.4 is 0 Å². The number of rotatable bonds is 7. The second-order valence-corrected chi connectivity index (χ2v) is 11.6. The van der Waals surface area contributed by atoms with Gasteiger partial charge in [-0.25, -0.2) is 4.79 Å². The van der Waals surface area contributed by atoms with E-state index in [1.165, 1.54) is 0 Å². The number of carbonyl (C=O) groups is 2. The van der Waals surface area contributed by atoms with Crippen LogP contribution in [0.3, 0.4) is 0 Å². The number of nitrogens with one attached hydrogen (secondary N) is 1. The summed E-state index contributed by atoms with van der Waals surface area (Å²) in [5, 5.41) is 18.6. The summed E-state index contributed by atoms with van der Waals surface area (Å²) in [4.78, 5) is 27.4. The van der Waals surface area contributed by atoms with E-state index < -0.39 is 5.97 Å². The van der Waals surface area contributed by atoms with E-state index in [1.807, 2.05) is 17.0 Å². The van der Waals surface area contributed by atoms with Gasteiger partial charge in [0.2, 0.25) is 0 Å². The molecule has 1 atom stereocenters. The van der Waals surface area contributed by atoms with Crippen LogP contribution in [0.4, 0.5) is 0 Å². The van der Waals surface area contributed by atoms with Crippen LogP contribution in [0.15, 0.2) is 48.5 Å². The fraction of sp³-hybridized carbons (Fsp3) is 0.483. The third-order valence-electron chi connectivity index (χ3n) is 7.74. The highest BCUT2D eigenvalue weighted by molar-refractivity contribution is 6.44. The second kappa shape index (κ2) is 10.1. The Morgan fingerprint density at radius 1 is 0.971 bits per heavy atom. The monoisotopic (exact) mass is 494 g/mol. The minimum Gasteiger partial charge on any atom is -0.478 e. The quantitative estimate of drug-likeness (QED) is 0.407. The fourth-order valence-electron chi connectivity index (χ4n) is 5.53. The molecule has 0 radical (unpaired) electrons. The third-order valence-corrected chi connectivity index (χ3v) is 7.98. The van der Waals surface area contributed by atoms with E-state index >= 15 is 0 Å². The average Bonchev–Trinajstić information content (AvgIpc) is 3.66. The number of halogens is 1. The number of carboxylic acids is 1. The van der Waals surface area contributed by atoms with Crippen molar-refractivity contribution in [1.82, 2.24) is 4.90 Å². The fourth-order valence-corrected chi connectivity index (χ4v) is 5.72. The highest BCUT2D eigenvalue weighted by atomic mass is 35.5. The molecule has 2 N–H and O–H groups in total. The van der Waals surface area contributed by atoms with E-state index in [-0.39, 0.29) is 34.7 Å². The standard InChI is InChI=1S/C29H35ClN2O3/c1-29(2,3)22-13-15-24(16-14-22)32(27(33)25(31)21-5-4-6-23(30)17-21)26(18-7-8-18)19-9-11-20(12-10-19)28(34)35/h4-6,9-12,17-18,22,24,26,31H,7-8,13-16H2,1-3H3,(H,34,35). The molecule has 0 saturated heterocycles. The van der Waals surface area contributed by atoms with Gasteiger partial charge in [-0.3, -0.25) is 10.2 Å². The van der Waals surface area contributed by atoms with Gasteiger partial charge >= 0.3 is 5.97 Å². The Balaban J connectivity index is 1.69. The van der Waals surface area contributed by atoms with Gasteiger partial charge in [0.25, 0.3) is 5.91 Å². The number of nitrogens with zero attached hydrogens (tertiary/aromatic N) is 1. The normalized spacial score (nSPS) is 21.3. The molecule has 0 spiro atoms. The Morgan fingerprint density at radius 3 is 2.11 bits per heavy atom. The second-order valence-electron chi connectivity index (χ2n) is 11.2. The number of aromatic carboxylic acids is 1. The molecular formula is C29H35ClN2O3. The Bertz CT molecular complexity index is 1090. The number of benzene rings is 2. The van der Waals surface area contributed by atoms with E-state index in [9.17, 15) is 14.7 Å². The van der Waals surface area contributed by atoms with E-state index in [0.29, 0.717) is 22.4 Å². The van der Waals surface area contributed by atoms with Crippen LogP contribution in [0, 0.1) is 22.7 Å². The van der Waals surface area contributed by atoms with Crippen LogP contribution in [0.25, 0.3) is 0 Å². The summed E-state index contributed by atoms with van der Waals surface area (Å²) >= 11 is 6.17. The molecular weight excluding hydrogens is 460 g/mol. The molecule has 4 rings (SSSR count). The summed E-state index contributed by atoms with van der Waals surface area (Å²) in [6, 6.07) is 13.7. The molecule has 2 fully saturated rings. The van der Waals surface area contributed by atoms with Gasteiger partial charge in [0, 0.05) is 16.6 Å². The molecule has 0 aromatic heterocycles. The van der Waals surface area contributed by atoms with Crippen LogP contribution in [0.2, 0.25) is 5.02 Å². The van der Waals surface area contributed by atoms with Crippen molar-refractivity contribution in [2.24, 2.45) is 17.3 Å². The lowest BCUT2D eigenvalue weighted by atomic mass is 9.71. The van der Waals surface area contributed by atoms with Gasteiger partial charge in [-0.05, 0) is 85.6 Å². The zero-order valence-corrected chi connectivity index (χ0v) is 21.5. The summed E-state index contributed by atoms with van der Waals surface area (Å²) in [5.74, 6) is -0.305. The van der Waals surface area contributed by atoms with Gasteiger partial charge in [-0.1, -0.05) is 56.6 Å². The van der Waals surface area contributed by atoms with Crippen molar-refractivity contribution < 1.29 is 14.7 Å². The van der Waals surface area contributed by atoms with Crippen molar-refractivity contribution >= 4 is 29.2 Å². The zero-order valence-electron chi connectivity index (χ0n) is 20.8. The number of amides is 1. The highest BCUT2D eigenvalue weighted by Gasteiger charge is 2.44. The van der Waals surface area contributed by atoms with Crippen molar-refractivity contribution in [2.45, 2.75) is 71.4 Å². The van der Waals surface area contributed by atoms with Crippen molar-refractivity contribution in [3.8, 4) is 0 Å². The molecule has 2 saturated carbocycles. The number of hydrogen-bond acceptors (Lipinski definition) is 3. The van der Waals surface area contributed by atoms with Crippen LogP contribution in [0.1, 0.15) is 86.8 Å². The predicted octanol–water partition coefficient (Wildman–Crippen LogP) is 6.99. The van der Waals surface area contributed by atoms with Gasteiger partial charge in [0.05, 0.1) is 11.6 Å². The summed E-state index contributed by atoms with van der Waals surface area (Å²) in [5.41, 5.74) is 1.89. The van der Waals surface area contributed by atoms with E-state index in [0.717, 1.165) is 44.1 Å². The minimum absolute atomic E-state index is 0.0433. The SMILES string of the molecule is CC(C)(C)C1CCC(N(C(=O)C(=N)c2cccc(Cl)c2)C(c2ccc(C(=O)O)cc2)C2CC2)CC1. The van der Waals surface area contributed by atoms with Crippen LogP contribution in [-0.2, 0) is 4.79 Å². The van der Waals surface area contributed by atoms with Crippen LogP contribution in [0.5, 0.6) is 0 Å². The summed E-state index contributed by atoms with van der Waals surface area (Å²) < 4.78 is 0. The molecule has 35 heavy (non-hydrogen) atoms. The Kier molecular flexibility index (Phi) is 7.37. The molecule has 5 nitrogen and oxygen atoms in total. The third kappa shape index (κ3) is 5.78. The zero-order chi connectivity index (χ0) is 25.3. The van der Waals surface area contributed by atoms with E-state index in [1.54, 1.807) is 36.4 Å². The van der Waals surface area contributed by atoms with Gasteiger partial charge < -0.3 is 10.0 Å². The van der Waals surface area contributed by atoms with Crippen molar-refractivity contribution in [3.63, 3.8) is 0 Å². The smallest absolute Gasteiger partial charge is 0.335 e. The van der Waals surface area contributed by atoms with E-state index in [2.05, 4.69) is 20.8 Å². The molecule has 0 heterocycles. The Morgan fingerprint density at radius 2 is 1.60 bits per heavy atom. The number of carboxylic acid groups (broad SMARTS) is 1. The largest absolute Gasteiger partial charge is 0.478 e. The van der Waals surface area contributed by atoms with Crippen molar-refractivity contribution in [1.29, 1.82) is 5.41 Å². The number of carbonyl (C=O) groups excluding carboxylic acids is 1. The van der Waals surface area contributed by atoms with Crippen molar-refractivity contribution in [2.75, 3.05) is 0 Å². The summed E-state index contributed by atoms with van der Waals surface area (Å²) in [6.45, 7) is 6.85. The average molecular weight is 495 g/mol. The molecule has 1 amide bonds. The molecule has 6 heteroatoms. The van der Waals surface area contributed by atoms with Crippen molar-refractivity contribution in [3.05, 3.63) is 70.2 Å². The molecule has 186 valence electrons. The summed E-state index contributed by atoms with van der Waals surface area (Å²) in [6.07, 6.45) is 5.98. The lowest BCUT2D eigenvalue weighted by molar-refractivity contribution is -0.131. The van der Waals surface area contributed by atoms with E-state index in [4.69, 9.17) is 17.0 Å². The molecule has 2 aromatic carbocycles. The highest BCUT2D eigenvalue weighted by Crippen LogP contribution is 2.48. The Hall–Kier alpha value is -2.66. The maximum Gasteiger partial charge on any atom is 0.335 e. The first kappa shape index (κ1) is 25.4. The molecule has 0 bridgehead atoms. The molecule has 2 aromatic rings. The van der Waals surface area contributed by atoms with Gasteiger partial charge in [-0.2, -0.15) is 0 Å². The first-order chi connectivity index (χ1) is 16.6. The van der Waals surface area contributed by atoms with Crippen LogP contribution >= 0.6 is 11.6 Å². The van der Waals surface area contributed by atoms with Crippen LogP contribution in [-0.4, -0.2) is 33.6 Å². The topological polar surface area (TPSA) is 81.5 Å². The molecule has 2 aliphatic carbocycles. The van der Waals surface area contributed by atoms with Gasteiger partial charge in [0.1, 0.15) is 5.71 Å². The molecule has 2 aliphatic rings. The first-order valence-electron chi connectivity index (χ1n) is 12.6. The Labute approximate surface area is 213 Å². The van der Waals surface area contributed by atoms with Gasteiger partial charge in [0.15, 0.2) is 0 Å². The molecule has 0 aliphatic heterocycles. The minimum atomic E-state index is -0.962. The maximum atomic E-state index is 14.0. The first-order valence-corrected chi connectivity index (χ1v) is 12.9. The summed E-state index contributed by atoms with van der Waals surface area (Å²) in [7, 11) is 0. The number of hydrogen-bond donors (Lipinski definition) is 2. The molecule has 1 unspecified atom stereocenters. The lowest BCUT2D eigenvalue weighted by Crippen LogP contribution is -2.48. The van der Waals surface area contributed by atoms with Gasteiger partial charge in [-0.15, -0.1) is 0 Å². The predicted molar refractivity (Wildman–Crippen MR) is 139 cm³/mol.